The average Bonchev–Trinajstić information content (AvgIpc) is 3.27. The molecule has 4 aliphatic rings. The maximum atomic E-state index is 13.2. The van der Waals surface area contributed by atoms with E-state index in [1.807, 2.05) is 67.0 Å². The number of hydrogen-bond donors (Lipinski definition) is 1. The molecule has 0 aromatic heterocycles. The Balaban J connectivity index is 1.18. The number of nitrogens with zero attached hydrogens (tertiary/aromatic N) is 5. The molecule has 1 amide bonds. The Bertz CT molecular complexity index is 1300. The van der Waals surface area contributed by atoms with Crippen molar-refractivity contribution in [3.05, 3.63) is 84.0 Å². The Hall–Kier alpha value is -3.59. The van der Waals surface area contributed by atoms with Crippen LogP contribution in [0.15, 0.2) is 88.4 Å². The first-order valence-electron chi connectivity index (χ1n) is 13.5. The predicted octanol–water partition coefficient (Wildman–Crippen LogP) is 4.28. The maximum absolute atomic E-state index is 13.2. The van der Waals surface area contributed by atoms with Gasteiger partial charge in [-0.15, -0.1) is 4.59 Å². The van der Waals surface area contributed by atoms with Crippen molar-refractivity contribution in [3.63, 3.8) is 0 Å². The fourth-order valence-corrected chi connectivity index (χ4v) is 5.90. The number of hydrogen-bond acceptors (Lipinski definition) is 6. The number of rotatable bonds is 5. The van der Waals surface area contributed by atoms with Crippen LogP contribution in [0.1, 0.15) is 31.2 Å². The lowest BCUT2D eigenvalue weighted by Crippen LogP contribution is -2.53. The van der Waals surface area contributed by atoms with Crippen molar-refractivity contribution in [2.75, 3.05) is 33.2 Å². The highest BCUT2D eigenvalue weighted by molar-refractivity contribution is 6.00. The van der Waals surface area contributed by atoms with Gasteiger partial charge in [0, 0.05) is 38.0 Å². The predicted molar refractivity (Wildman–Crippen MR) is 148 cm³/mol. The smallest absolute Gasteiger partial charge is 0.264 e. The van der Waals surface area contributed by atoms with Crippen LogP contribution in [0.25, 0.3) is 0 Å². The highest BCUT2D eigenvalue weighted by Gasteiger charge is 2.46. The summed E-state index contributed by atoms with van der Waals surface area (Å²) in [5.41, 5.74) is 2.87. The Kier molecular flexibility index (Phi) is 6.69. The van der Waals surface area contributed by atoms with Crippen molar-refractivity contribution >= 4 is 18.0 Å². The van der Waals surface area contributed by atoms with Gasteiger partial charge in [-0.1, -0.05) is 18.2 Å². The van der Waals surface area contributed by atoms with Crippen molar-refractivity contribution in [2.45, 2.75) is 25.7 Å². The molecule has 8 nitrogen and oxygen atoms in total. The van der Waals surface area contributed by atoms with Gasteiger partial charge in [0.2, 0.25) is 11.6 Å². The van der Waals surface area contributed by atoms with Crippen molar-refractivity contribution < 1.29 is 14.1 Å². The molecule has 2 N–H and O–H groups in total. The molecule has 1 atom stereocenters. The number of ether oxygens (including phenoxy) is 1. The number of piperazine rings is 1. The highest BCUT2D eigenvalue weighted by atomic mass is 16.5. The zero-order valence-electron chi connectivity index (χ0n) is 21.9. The number of fused-ring (bicyclic) bond motifs is 1. The minimum Gasteiger partial charge on any atom is -0.457 e. The summed E-state index contributed by atoms with van der Waals surface area (Å²) in [6.45, 7) is 3.59. The molecule has 3 heterocycles. The molecule has 0 radical (unpaired) electrons. The van der Waals surface area contributed by atoms with Crippen LogP contribution < -0.4 is 10.6 Å². The molecule has 1 aliphatic carbocycles. The number of amidine groups is 1. The lowest BCUT2D eigenvalue weighted by atomic mass is 9.79. The lowest BCUT2D eigenvalue weighted by molar-refractivity contribution is -0.750. The SMILES string of the molecule is CN1CCN(C(=O)C2CCC(C3=C4C=NC=C[N+]4(N)C(c4ccc(Oc5ccccc5)cc4)=N3)CC2)CC1. The van der Waals surface area contributed by atoms with Crippen LogP contribution >= 0.6 is 0 Å². The maximum Gasteiger partial charge on any atom is 0.264 e. The molecule has 6 rings (SSSR count). The molecule has 2 aromatic rings. The van der Waals surface area contributed by atoms with E-state index in [0.717, 1.165) is 86.2 Å². The fourth-order valence-electron chi connectivity index (χ4n) is 5.90. The third-order valence-electron chi connectivity index (χ3n) is 8.19. The van der Waals surface area contributed by atoms with Gasteiger partial charge in [0.1, 0.15) is 23.4 Å². The first-order chi connectivity index (χ1) is 18.5. The highest BCUT2D eigenvalue weighted by Crippen LogP contribution is 2.41. The molecule has 0 spiro atoms. The topological polar surface area (TPSA) is 83.5 Å². The van der Waals surface area contributed by atoms with Gasteiger partial charge < -0.3 is 14.5 Å². The second-order valence-corrected chi connectivity index (χ2v) is 10.7. The van der Waals surface area contributed by atoms with E-state index in [9.17, 15) is 4.79 Å². The fraction of sp³-hybridized carbons (Fsp3) is 0.367. The van der Waals surface area contributed by atoms with E-state index < -0.39 is 0 Å². The number of nitrogens with two attached hydrogens (primary N) is 1. The van der Waals surface area contributed by atoms with E-state index in [4.69, 9.17) is 15.6 Å². The van der Waals surface area contributed by atoms with E-state index in [1.54, 1.807) is 6.20 Å². The van der Waals surface area contributed by atoms with Crippen LogP contribution in [0.5, 0.6) is 11.5 Å². The Morgan fingerprint density at radius 2 is 1.63 bits per heavy atom. The minimum absolute atomic E-state index is 0.0118. The first-order valence-corrected chi connectivity index (χ1v) is 13.5. The summed E-state index contributed by atoms with van der Waals surface area (Å²) in [7, 11) is 2.12. The summed E-state index contributed by atoms with van der Waals surface area (Å²) >= 11 is 0. The van der Waals surface area contributed by atoms with Crippen LogP contribution in [-0.4, -0.2) is 65.6 Å². The van der Waals surface area contributed by atoms with Crippen LogP contribution in [-0.2, 0) is 4.79 Å². The van der Waals surface area contributed by atoms with Crippen molar-refractivity contribution in [1.82, 2.24) is 9.80 Å². The quantitative estimate of drug-likeness (QED) is 0.480. The number of aliphatic imine (C=N–C) groups is 2. The molecule has 1 saturated heterocycles. The number of likely N-dealkylation sites (N-methyl/N-ethyl adjacent to an activating group) is 1. The Labute approximate surface area is 224 Å². The van der Waals surface area contributed by atoms with Gasteiger partial charge in [-0.25, -0.2) is 0 Å². The number of benzene rings is 2. The van der Waals surface area contributed by atoms with Gasteiger partial charge in [-0.3, -0.25) is 9.79 Å². The largest absolute Gasteiger partial charge is 0.457 e. The monoisotopic (exact) mass is 511 g/mol. The van der Waals surface area contributed by atoms with Crippen LogP contribution in [0, 0.1) is 11.8 Å². The Morgan fingerprint density at radius 3 is 2.34 bits per heavy atom. The normalized spacial score (nSPS) is 27.3. The summed E-state index contributed by atoms with van der Waals surface area (Å²) in [6, 6.07) is 17.7. The molecule has 38 heavy (non-hydrogen) atoms. The van der Waals surface area contributed by atoms with Crippen molar-refractivity contribution in [3.8, 4) is 11.5 Å². The number of quaternary nitrogens is 1. The third-order valence-corrected chi connectivity index (χ3v) is 8.19. The van der Waals surface area contributed by atoms with Crippen molar-refractivity contribution in [2.24, 2.45) is 27.7 Å². The zero-order chi connectivity index (χ0) is 26.1. The summed E-state index contributed by atoms with van der Waals surface area (Å²) in [6.07, 6.45) is 9.11. The molecular formula is C30H35N6O2+. The minimum atomic E-state index is 0.0118. The summed E-state index contributed by atoms with van der Waals surface area (Å²) in [5, 5.41) is 0. The number of allylic oxidation sites excluding steroid dienone is 2. The third kappa shape index (κ3) is 4.71. The van der Waals surface area contributed by atoms with Crippen LogP contribution in [0.4, 0.5) is 0 Å². The van der Waals surface area contributed by atoms with E-state index in [0.29, 0.717) is 5.91 Å². The van der Waals surface area contributed by atoms with E-state index >= 15 is 0 Å². The van der Waals surface area contributed by atoms with Gasteiger partial charge >= 0.3 is 0 Å². The molecule has 1 unspecified atom stereocenters. The summed E-state index contributed by atoms with van der Waals surface area (Å²) in [5.74, 6) is 9.99. The van der Waals surface area contributed by atoms with Gasteiger partial charge in [-0.05, 0) is 69.1 Å². The molecule has 2 fully saturated rings. The van der Waals surface area contributed by atoms with Crippen molar-refractivity contribution in [1.29, 1.82) is 0 Å². The second-order valence-electron chi connectivity index (χ2n) is 10.7. The summed E-state index contributed by atoms with van der Waals surface area (Å²) < 4.78 is 5.98. The van der Waals surface area contributed by atoms with E-state index in [-0.39, 0.29) is 16.4 Å². The lowest BCUT2D eigenvalue weighted by Gasteiger charge is -2.36. The number of carbonyl (C=O) groups excluding carboxylic acids is 1. The number of amides is 1. The van der Waals surface area contributed by atoms with E-state index in [1.165, 1.54) is 0 Å². The second kappa shape index (κ2) is 10.3. The van der Waals surface area contributed by atoms with Gasteiger partial charge in [0.05, 0.1) is 18.0 Å². The summed E-state index contributed by atoms with van der Waals surface area (Å²) in [4.78, 5) is 27.0. The number of carbonyl (C=O) groups is 1. The van der Waals surface area contributed by atoms with Gasteiger partial charge in [0.25, 0.3) is 5.84 Å². The first kappa shape index (κ1) is 24.7. The van der Waals surface area contributed by atoms with Crippen LogP contribution in [0.2, 0.25) is 0 Å². The molecule has 8 heteroatoms. The average molecular weight is 512 g/mol. The zero-order valence-corrected chi connectivity index (χ0v) is 21.9. The van der Waals surface area contributed by atoms with Gasteiger partial charge in [0.15, 0.2) is 0 Å². The molecule has 2 aromatic carbocycles. The molecule has 0 bridgehead atoms. The molecule has 1 saturated carbocycles. The molecular weight excluding hydrogens is 476 g/mol. The van der Waals surface area contributed by atoms with E-state index in [2.05, 4.69) is 21.8 Å². The standard InChI is InChI=1S/C30H35N6O2/c1-34-16-18-35(19-17-34)30(37)24-9-7-22(8-10-24)28-27-21-32-15-20-36(27,31)29(33-28)23-11-13-26(14-12-23)38-25-5-3-2-4-6-25/h2-6,11-15,20-22,24H,7-10,16-19,31H2,1H3/q+1. The Morgan fingerprint density at radius 1 is 0.947 bits per heavy atom. The van der Waals surface area contributed by atoms with Crippen LogP contribution in [0.3, 0.4) is 0 Å². The molecule has 196 valence electrons. The molecule has 3 aliphatic heterocycles. The number of para-hydroxylation sites is 1. The van der Waals surface area contributed by atoms with Gasteiger partial charge in [-0.2, -0.15) is 10.8 Å².